The minimum Gasteiger partial charge on any atom is -0.491 e. The third-order valence-electron chi connectivity index (χ3n) is 2.35. The van der Waals surface area contributed by atoms with E-state index in [1.807, 2.05) is 0 Å². The number of non-ortho nitro benzene ring substituents is 1. The Labute approximate surface area is 110 Å². The topological polar surface area (TPSA) is 102 Å². The van der Waals surface area contributed by atoms with Crippen LogP contribution in [-0.4, -0.2) is 35.2 Å². The van der Waals surface area contributed by atoms with Gasteiger partial charge in [-0.1, -0.05) is 6.92 Å². The Bertz CT molecular complexity index is 432. The number of rotatable bonds is 7. The van der Waals surface area contributed by atoms with E-state index in [1.54, 1.807) is 6.92 Å². The number of carbonyl (C=O) groups is 1. The number of aliphatic hydroxyl groups excluding tert-OH is 1. The van der Waals surface area contributed by atoms with Crippen molar-refractivity contribution < 1.29 is 19.6 Å². The van der Waals surface area contributed by atoms with Crippen molar-refractivity contribution >= 4 is 11.6 Å². The fourth-order valence-corrected chi connectivity index (χ4v) is 1.27. The molecule has 0 aliphatic carbocycles. The largest absolute Gasteiger partial charge is 0.491 e. The first-order valence-electron chi connectivity index (χ1n) is 5.85. The van der Waals surface area contributed by atoms with Gasteiger partial charge in [0.15, 0.2) is 0 Å². The maximum Gasteiger partial charge on any atom is 0.269 e. The molecular formula is C12H16N2O5. The Morgan fingerprint density at radius 2 is 2.11 bits per heavy atom. The molecule has 0 aliphatic heterocycles. The second-order valence-electron chi connectivity index (χ2n) is 3.87. The molecule has 0 bridgehead atoms. The van der Waals surface area contributed by atoms with Gasteiger partial charge in [0.05, 0.1) is 4.92 Å². The molecule has 0 fully saturated rings. The molecular weight excluding hydrogens is 252 g/mol. The molecule has 1 rings (SSSR count). The molecule has 1 amide bonds. The fourth-order valence-electron chi connectivity index (χ4n) is 1.27. The molecule has 0 radical (unpaired) electrons. The molecule has 19 heavy (non-hydrogen) atoms. The van der Waals surface area contributed by atoms with E-state index in [0.717, 1.165) is 0 Å². The molecule has 1 atom stereocenters. The lowest BCUT2D eigenvalue weighted by molar-refractivity contribution is -0.384. The zero-order chi connectivity index (χ0) is 14.3. The van der Waals surface area contributed by atoms with Crippen molar-refractivity contribution in [3.8, 4) is 5.75 Å². The van der Waals surface area contributed by atoms with Gasteiger partial charge in [0.2, 0.25) is 5.91 Å². The summed E-state index contributed by atoms with van der Waals surface area (Å²) in [6.07, 6.45) is -0.471. The van der Waals surface area contributed by atoms with Gasteiger partial charge in [-0.05, 0) is 12.1 Å². The van der Waals surface area contributed by atoms with Crippen LogP contribution in [0.4, 0.5) is 5.69 Å². The summed E-state index contributed by atoms with van der Waals surface area (Å²) in [5.74, 6) is 0.279. The summed E-state index contributed by atoms with van der Waals surface area (Å²) in [5, 5.41) is 22.5. The fraction of sp³-hybridized carbons (Fsp3) is 0.417. The second kappa shape index (κ2) is 7.32. The molecule has 0 aromatic heterocycles. The van der Waals surface area contributed by atoms with Crippen LogP contribution in [0.25, 0.3) is 0 Å². The van der Waals surface area contributed by atoms with E-state index in [4.69, 9.17) is 4.74 Å². The Morgan fingerprint density at radius 1 is 1.47 bits per heavy atom. The Hall–Kier alpha value is -2.15. The van der Waals surface area contributed by atoms with E-state index in [9.17, 15) is 20.0 Å². The molecule has 1 aromatic carbocycles. The summed E-state index contributed by atoms with van der Waals surface area (Å²) >= 11 is 0. The van der Waals surface area contributed by atoms with Crippen molar-refractivity contribution in [2.75, 3.05) is 13.2 Å². The summed E-state index contributed by atoms with van der Waals surface area (Å²) in [6.45, 7) is 1.83. The van der Waals surface area contributed by atoms with Crippen LogP contribution in [0.15, 0.2) is 24.3 Å². The molecule has 1 aromatic rings. The van der Waals surface area contributed by atoms with E-state index >= 15 is 0 Å². The van der Waals surface area contributed by atoms with Crippen molar-refractivity contribution in [1.82, 2.24) is 5.32 Å². The number of nitrogens with one attached hydrogen (secondary N) is 1. The average molecular weight is 268 g/mol. The average Bonchev–Trinajstić information content (AvgIpc) is 2.42. The van der Waals surface area contributed by atoms with Crippen molar-refractivity contribution in [1.29, 1.82) is 0 Å². The third-order valence-corrected chi connectivity index (χ3v) is 2.35. The molecule has 0 saturated heterocycles. The summed E-state index contributed by atoms with van der Waals surface area (Å²) < 4.78 is 5.24. The lowest BCUT2D eigenvalue weighted by Crippen LogP contribution is -2.34. The number of nitrogens with zero attached hydrogens (tertiary/aromatic N) is 1. The molecule has 0 spiro atoms. The highest BCUT2D eigenvalue weighted by Crippen LogP contribution is 2.17. The minimum atomic E-state index is -0.828. The molecule has 0 saturated carbocycles. The number of carbonyl (C=O) groups excluding carboxylic acids is 1. The van der Waals surface area contributed by atoms with Crippen LogP contribution in [0.3, 0.4) is 0 Å². The molecule has 1 unspecified atom stereocenters. The van der Waals surface area contributed by atoms with Crippen LogP contribution in [0.2, 0.25) is 0 Å². The van der Waals surface area contributed by atoms with Gasteiger partial charge in [-0.25, -0.2) is 0 Å². The number of amides is 1. The van der Waals surface area contributed by atoms with Crippen molar-refractivity contribution in [2.24, 2.45) is 0 Å². The Balaban J connectivity index is 2.35. The van der Waals surface area contributed by atoms with Gasteiger partial charge in [0.1, 0.15) is 18.5 Å². The summed E-state index contributed by atoms with van der Waals surface area (Å²) in [6, 6.07) is 5.55. The maximum absolute atomic E-state index is 11.0. The van der Waals surface area contributed by atoms with Gasteiger partial charge in [0, 0.05) is 25.1 Å². The standard InChI is InChI=1S/C12H16N2O5/c1-2-12(16)13-7-10(15)8-19-11-5-3-9(4-6-11)14(17)18/h3-6,10,15H,2,7-8H2,1H3,(H,13,16). The summed E-state index contributed by atoms with van der Waals surface area (Å²) in [4.78, 5) is 20.9. The number of hydrogen-bond acceptors (Lipinski definition) is 5. The number of benzene rings is 1. The van der Waals surface area contributed by atoms with Crippen LogP contribution in [0, 0.1) is 10.1 Å². The van der Waals surface area contributed by atoms with Crippen molar-refractivity contribution in [3.05, 3.63) is 34.4 Å². The molecule has 2 N–H and O–H groups in total. The second-order valence-corrected chi connectivity index (χ2v) is 3.87. The first-order chi connectivity index (χ1) is 9.02. The van der Waals surface area contributed by atoms with Crippen LogP contribution >= 0.6 is 0 Å². The van der Waals surface area contributed by atoms with Crippen LogP contribution in [-0.2, 0) is 4.79 Å². The highest BCUT2D eigenvalue weighted by atomic mass is 16.6. The Kier molecular flexibility index (Phi) is 5.74. The van der Waals surface area contributed by atoms with Gasteiger partial charge in [-0.2, -0.15) is 0 Å². The first kappa shape index (κ1) is 14.9. The number of nitro benzene ring substituents is 1. The van der Waals surface area contributed by atoms with E-state index < -0.39 is 11.0 Å². The Morgan fingerprint density at radius 3 is 2.63 bits per heavy atom. The van der Waals surface area contributed by atoms with Crippen molar-refractivity contribution in [3.63, 3.8) is 0 Å². The summed E-state index contributed by atoms with van der Waals surface area (Å²) in [5.41, 5.74) is -0.0249. The SMILES string of the molecule is CCC(=O)NCC(O)COc1ccc([N+](=O)[O-])cc1. The number of aliphatic hydroxyl groups is 1. The van der Waals surface area contributed by atoms with Crippen molar-refractivity contribution in [2.45, 2.75) is 19.4 Å². The monoisotopic (exact) mass is 268 g/mol. The minimum absolute atomic E-state index is 0.00179. The maximum atomic E-state index is 11.0. The predicted octanol–water partition coefficient (Wildman–Crippen LogP) is 0.861. The highest BCUT2D eigenvalue weighted by Gasteiger charge is 2.08. The van der Waals surface area contributed by atoms with Crippen LogP contribution in [0.5, 0.6) is 5.75 Å². The van der Waals surface area contributed by atoms with Gasteiger partial charge in [0.25, 0.3) is 5.69 Å². The highest BCUT2D eigenvalue weighted by molar-refractivity contribution is 5.75. The van der Waals surface area contributed by atoms with E-state index in [1.165, 1.54) is 24.3 Å². The zero-order valence-electron chi connectivity index (χ0n) is 10.5. The van der Waals surface area contributed by atoms with Crippen LogP contribution < -0.4 is 10.1 Å². The van der Waals surface area contributed by atoms with E-state index in [2.05, 4.69) is 5.32 Å². The lowest BCUT2D eigenvalue weighted by Gasteiger charge is -2.12. The van der Waals surface area contributed by atoms with Crippen LogP contribution in [0.1, 0.15) is 13.3 Å². The number of ether oxygens (including phenoxy) is 1. The first-order valence-corrected chi connectivity index (χ1v) is 5.85. The summed E-state index contributed by atoms with van der Waals surface area (Å²) in [7, 11) is 0. The molecule has 104 valence electrons. The molecule has 0 aliphatic rings. The number of nitro groups is 1. The molecule has 0 heterocycles. The van der Waals surface area contributed by atoms with E-state index in [-0.39, 0.29) is 24.7 Å². The zero-order valence-corrected chi connectivity index (χ0v) is 10.5. The quantitative estimate of drug-likeness (QED) is 0.564. The molecule has 7 heteroatoms. The van der Waals surface area contributed by atoms with Gasteiger partial charge >= 0.3 is 0 Å². The normalized spacial score (nSPS) is 11.7. The predicted molar refractivity (Wildman–Crippen MR) is 67.9 cm³/mol. The lowest BCUT2D eigenvalue weighted by atomic mass is 10.3. The van der Waals surface area contributed by atoms with E-state index in [0.29, 0.717) is 12.2 Å². The van der Waals surface area contributed by atoms with Gasteiger partial charge < -0.3 is 15.2 Å². The number of hydrogen-bond donors (Lipinski definition) is 2. The van der Waals surface area contributed by atoms with Gasteiger partial charge in [-0.15, -0.1) is 0 Å². The van der Waals surface area contributed by atoms with Gasteiger partial charge in [-0.3, -0.25) is 14.9 Å². The smallest absolute Gasteiger partial charge is 0.269 e. The third kappa shape index (κ3) is 5.35. The molecule has 7 nitrogen and oxygen atoms in total.